The average Bonchev–Trinajstić information content (AvgIpc) is 3.37. The molecule has 0 unspecified atom stereocenters. The summed E-state index contributed by atoms with van der Waals surface area (Å²) in [5, 5.41) is 7.07. The minimum atomic E-state index is -0.147. The molecule has 1 aliphatic heterocycles. The molecule has 6 aromatic rings. The number of aryl methyl sites for hydroxylation is 1. The summed E-state index contributed by atoms with van der Waals surface area (Å²) >= 11 is 0. The predicted octanol–water partition coefficient (Wildman–Crippen LogP) is 6.55. The number of benzene rings is 4. The summed E-state index contributed by atoms with van der Waals surface area (Å²) < 4.78 is 13.6. The summed E-state index contributed by atoms with van der Waals surface area (Å²) in [5.41, 5.74) is 5.96. The Kier molecular flexibility index (Phi) is 4.54. The molecule has 0 saturated carbocycles. The van der Waals surface area contributed by atoms with Gasteiger partial charge in [-0.05, 0) is 47.5 Å². The molecule has 174 valence electrons. The van der Waals surface area contributed by atoms with Gasteiger partial charge in [0.2, 0.25) is 5.88 Å². The van der Waals surface area contributed by atoms with Crippen LogP contribution in [0.5, 0.6) is 17.4 Å². The second kappa shape index (κ2) is 7.92. The van der Waals surface area contributed by atoms with E-state index in [0.29, 0.717) is 11.7 Å². The van der Waals surface area contributed by atoms with Crippen molar-refractivity contribution in [2.45, 2.75) is 12.8 Å². The third-order valence-corrected chi connectivity index (χ3v) is 6.83. The molecule has 0 saturated heterocycles. The van der Waals surface area contributed by atoms with Crippen molar-refractivity contribution in [1.82, 2.24) is 19.6 Å². The van der Waals surface area contributed by atoms with Crippen molar-refractivity contribution < 1.29 is 9.47 Å². The van der Waals surface area contributed by atoms with Crippen LogP contribution in [0.25, 0.3) is 27.8 Å². The highest BCUT2D eigenvalue weighted by Gasteiger charge is 2.34. The molecule has 7 rings (SSSR count). The summed E-state index contributed by atoms with van der Waals surface area (Å²) in [6.07, 6.45) is 1.68. The first-order chi connectivity index (χ1) is 17.7. The molecule has 0 amide bonds. The molecule has 36 heavy (non-hydrogen) atoms. The number of nitrogens with zero attached hydrogens (tertiary/aromatic N) is 4. The van der Waals surface area contributed by atoms with Gasteiger partial charge in [0.1, 0.15) is 17.8 Å². The van der Waals surface area contributed by atoms with Crippen molar-refractivity contribution in [2.24, 2.45) is 0 Å². The highest BCUT2D eigenvalue weighted by atomic mass is 16.5. The number of ether oxygens (including phenoxy) is 2. The Morgan fingerprint density at radius 2 is 1.75 bits per heavy atom. The maximum absolute atomic E-state index is 6.41. The number of rotatable bonds is 3. The fourth-order valence-electron chi connectivity index (χ4n) is 5.14. The predicted molar refractivity (Wildman–Crippen MR) is 139 cm³/mol. The molecule has 0 bridgehead atoms. The zero-order valence-electron chi connectivity index (χ0n) is 19.8. The minimum Gasteiger partial charge on any atom is -0.497 e. The summed E-state index contributed by atoms with van der Waals surface area (Å²) in [5.74, 6) is 2.67. The van der Waals surface area contributed by atoms with Crippen LogP contribution in [0.1, 0.15) is 28.2 Å². The van der Waals surface area contributed by atoms with Crippen molar-refractivity contribution in [3.63, 3.8) is 0 Å². The molecule has 1 atom stereocenters. The van der Waals surface area contributed by atoms with Gasteiger partial charge in [0.15, 0.2) is 11.5 Å². The van der Waals surface area contributed by atoms with Gasteiger partial charge in [-0.2, -0.15) is 0 Å². The van der Waals surface area contributed by atoms with Gasteiger partial charge >= 0.3 is 0 Å². The summed E-state index contributed by atoms with van der Waals surface area (Å²) in [6, 6.07) is 28.9. The van der Waals surface area contributed by atoms with Gasteiger partial charge in [-0.1, -0.05) is 66.2 Å². The molecule has 3 heterocycles. The van der Waals surface area contributed by atoms with Crippen LogP contribution in [-0.2, 0) is 0 Å². The summed E-state index contributed by atoms with van der Waals surface area (Å²) in [4.78, 5) is 9.68. The van der Waals surface area contributed by atoms with E-state index in [0.717, 1.165) is 55.7 Å². The fourth-order valence-corrected chi connectivity index (χ4v) is 5.14. The Labute approximate surface area is 207 Å². The standard InChI is InChI=1S/C30H22N4O2/c1-18-6-5-8-21(16-18)28-32-29-27-25(20-10-13-22(35-2)14-11-20)26-23-9-4-3-7-19(23)12-15-24(26)36-30(27)31-17-34(29)33-28/h3-17,25H,1-2H3/t25-/m1/s1. The molecule has 0 fully saturated rings. The smallest absolute Gasteiger partial charge is 0.228 e. The number of fused-ring (bicyclic) bond motifs is 6. The van der Waals surface area contributed by atoms with E-state index in [1.807, 2.05) is 30.3 Å². The van der Waals surface area contributed by atoms with Crippen LogP contribution in [0, 0.1) is 6.92 Å². The van der Waals surface area contributed by atoms with E-state index >= 15 is 0 Å². The lowest BCUT2D eigenvalue weighted by molar-refractivity contribution is 0.414. The highest BCUT2D eigenvalue weighted by Crippen LogP contribution is 2.50. The summed E-state index contributed by atoms with van der Waals surface area (Å²) in [6.45, 7) is 2.07. The maximum atomic E-state index is 6.41. The van der Waals surface area contributed by atoms with Crippen molar-refractivity contribution in [3.05, 3.63) is 114 Å². The van der Waals surface area contributed by atoms with Crippen molar-refractivity contribution in [1.29, 1.82) is 0 Å². The highest BCUT2D eigenvalue weighted by molar-refractivity contribution is 5.91. The van der Waals surface area contributed by atoms with E-state index in [1.165, 1.54) is 0 Å². The van der Waals surface area contributed by atoms with Gasteiger partial charge in [0.05, 0.1) is 12.7 Å². The first-order valence-corrected chi connectivity index (χ1v) is 11.9. The lowest BCUT2D eigenvalue weighted by Crippen LogP contribution is -2.15. The van der Waals surface area contributed by atoms with Crippen molar-refractivity contribution >= 4 is 16.4 Å². The number of hydrogen-bond acceptors (Lipinski definition) is 5. The molecular weight excluding hydrogens is 448 g/mol. The number of methoxy groups -OCH3 is 1. The topological polar surface area (TPSA) is 61.5 Å². The zero-order chi connectivity index (χ0) is 24.2. The van der Waals surface area contributed by atoms with Gasteiger partial charge in [0.25, 0.3) is 0 Å². The van der Waals surface area contributed by atoms with Crippen LogP contribution < -0.4 is 9.47 Å². The zero-order valence-corrected chi connectivity index (χ0v) is 19.8. The van der Waals surface area contributed by atoms with Crippen LogP contribution in [0.4, 0.5) is 0 Å². The Hall–Kier alpha value is -4.71. The Bertz CT molecular complexity index is 1770. The largest absolute Gasteiger partial charge is 0.497 e. The quantitative estimate of drug-likeness (QED) is 0.293. The Morgan fingerprint density at radius 3 is 2.58 bits per heavy atom. The maximum Gasteiger partial charge on any atom is 0.228 e. The van der Waals surface area contributed by atoms with Crippen molar-refractivity contribution in [3.8, 4) is 28.8 Å². The van der Waals surface area contributed by atoms with Gasteiger partial charge in [-0.3, -0.25) is 0 Å². The van der Waals surface area contributed by atoms with Gasteiger partial charge in [-0.25, -0.2) is 14.5 Å². The minimum absolute atomic E-state index is 0.147. The van der Waals surface area contributed by atoms with E-state index in [4.69, 9.17) is 19.6 Å². The SMILES string of the molecule is COc1ccc([C@@H]2c3c(ccc4ccccc34)Oc3ncn4nc(-c5cccc(C)c5)nc4c32)cc1. The van der Waals surface area contributed by atoms with E-state index in [1.54, 1.807) is 18.0 Å². The molecule has 0 N–H and O–H groups in total. The molecule has 6 nitrogen and oxygen atoms in total. The van der Waals surface area contributed by atoms with E-state index < -0.39 is 0 Å². The third kappa shape index (κ3) is 3.15. The van der Waals surface area contributed by atoms with Gasteiger partial charge < -0.3 is 9.47 Å². The van der Waals surface area contributed by atoms with Crippen LogP contribution >= 0.6 is 0 Å². The molecule has 0 aliphatic carbocycles. The van der Waals surface area contributed by atoms with Crippen LogP contribution in [0.3, 0.4) is 0 Å². The molecule has 1 aliphatic rings. The van der Waals surface area contributed by atoms with Crippen LogP contribution in [-0.4, -0.2) is 26.7 Å². The molecule has 0 radical (unpaired) electrons. The summed E-state index contributed by atoms with van der Waals surface area (Å²) in [7, 11) is 1.68. The Morgan fingerprint density at radius 1 is 0.889 bits per heavy atom. The Balaban J connectivity index is 1.52. The van der Waals surface area contributed by atoms with Crippen molar-refractivity contribution in [2.75, 3.05) is 7.11 Å². The van der Waals surface area contributed by atoms with E-state index in [9.17, 15) is 0 Å². The molecule has 4 aromatic carbocycles. The molecular formula is C30H22N4O2. The average molecular weight is 471 g/mol. The van der Waals surface area contributed by atoms with Gasteiger partial charge in [0, 0.05) is 17.0 Å². The first-order valence-electron chi connectivity index (χ1n) is 11.9. The lowest BCUT2D eigenvalue weighted by atomic mass is 9.81. The molecule has 6 heteroatoms. The third-order valence-electron chi connectivity index (χ3n) is 6.83. The molecule has 0 spiro atoms. The van der Waals surface area contributed by atoms with Gasteiger partial charge in [-0.15, -0.1) is 5.10 Å². The first kappa shape index (κ1) is 20.6. The lowest BCUT2D eigenvalue weighted by Gasteiger charge is -2.29. The van der Waals surface area contributed by atoms with E-state index in [-0.39, 0.29) is 5.92 Å². The second-order valence-corrected chi connectivity index (χ2v) is 9.04. The van der Waals surface area contributed by atoms with E-state index in [2.05, 4.69) is 66.5 Å². The number of hydrogen-bond donors (Lipinski definition) is 0. The normalized spacial score (nSPS) is 14.3. The monoisotopic (exact) mass is 470 g/mol. The van der Waals surface area contributed by atoms with Crippen LogP contribution in [0.15, 0.2) is 91.3 Å². The van der Waals surface area contributed by atoms with Crippen LogP contribution in [0.2, 0.25) is 0 Å². The molecule has 2 aromatic heterocycles. The second-order valence-electron chi connectivity index (χ2n) is 9.04. The number of aromatic nitrogens is 4. The fraction of sp³-hybridized carbons (Fsp3) is 0.100.